The van der Waals surface area contributed by atoms with E-state index in [1.807, 2.05) is 24.3 Å². The van der Waals surface area contributed by atoms with E-state index in [9.17, 15) is 4.79 Å². The van der Waals surface area contributed by atoms with Crippen molar-refractivity contribution in [1.82, 2.24) is 5.32 Å². The molecule has 0 aliphatic carbocycles. The summed E-state index contributed by atoms with van der Waals surface area (Å²) in [4.78, 5) is 11.0. The molecule has 1 aromatic carbocycles. The highest BCUT2D eigenvalue weighted by Gasteiger charge is 2.15. The molecule has 0 aliphatic rings. The highest BCUT2D eigenvalue weighted by molar-refractivity contribution is 9.10. The Morgan fingerprint density at radius 3 is 2.76 bits per heavy atom. The summed E-state index contributed by atoms with van der Waals surface area (Å²) >= 11 is 3.45. The first-order valence-electron chi connectivity index (χ1n) is 5.84. The van der Waals surface area contributed by atoms with Crippen LogP contribution in [0.25, 0.3) is 0 Å². The Bertz CT molecular complexity index is 368. The summed E-state index contributed by atoms with van der Waals surface area (Å²) in [7, 11) is 0. The van der Waals surface area contributed by atoms with E-state index in [2.05, 4.69) is 28.2 Å². The van der Waals surface area contributed by atoms with Crippen LogP contribution in [0.3, 0.4) is 0 Å². The highest BCUT2D eigenvalue weighted by Crippen LogP contribution is 2.15. The number of carbonyl (C=O) groups is 1. The molecular formula is C13H18BrNO2. The largest absolute Gasteiger partial charge is 0.480 e. The number of aliphatic carboxylic acids is 1. The van der Waals surface area contributed by atoms with E-state index >= 15 is 0 Å². The SMILES string of the molecule is CCCCC(NCc1ccccc1Br)C(=O)O. The second-order valence-electron chi connectivity index (χ2n) is 4.01. The molecule has 1 unspecified atom stereocenters. The smallest absolute Gasteiger partial charge is 0.320 e. The van der Waals surface area contributed by atoms with Gasteiger partial charge in [-0.3, -0.25) is 4.79 Å². The van der Waals surface area contributed by atoms with Crippen molar-refractivity contribution in [3.05, 3.63) is 34.3 Å². The van der Waals surface area contributed by atoms with Crippen LogP contribution in [0.4, 0.5) is 0 Å². The number of hydrogen-bond acceptors (Lipinski definition) is 2. The van der Waals surface area contributed by atoms with Crippen LogP contribution in [0, 0.1) is 0 Å². The number of rotatable bonds is 7. The van der Waals surface area contributed by atoms with Gasteiger partial charge in [0.2, 0.25) is 0 Å². The van der Waals surface area contributed by atoms with E-state index in [1.165, 1.54) is 0 Å². The molecule has 0 aromatic heterocycles. The number of benzene rings is 1. The van der Waals surface area contributed by atoms with E-state index in [4.69, 9.17) is 5.11 Å². The van der Waals surface area contributed by atoms with E-state index in [1.54, 1.807) is 0 Å². The average Bonchev–Trinajstić information content (AvgIpc) is 2.31. The Kier molecular flexibility index (Phi) is 6.22. The van der Waals surface area contributed by atoms with Crippen LogP contribution in [-0.4, -0.2) is 17.1 Å². The molecule has 0 fully saturated rings. The van der Waals surface area contributed by atoms with Gasteiger partial charge in [0.15, 0.2) is 0 Å². The Labute approximate surface area is 110 Å². The summed E-state index contributed by atoms with van der Waals surface area (Å²) < 4.78 is 1.01. The van der Waals surface area contributed by atoms with Crippen molar-refractivity contribution in [3.63, 3.8) is 0 Å². The summed E-state index contributed by atoms with van der Waals surface area (Å²) in [6, 6.07) is 7.37. The number of unbranched alkanes of at least 4 members (excludes halogenated alkanes) is 1. The molecule has 1 rings (SSSR count). The van der Waals surface area contributed by atoms with Crippen molar-refractivity contribution >= 4 is 21.9 Å². The third-order valence-corrected chi connectivity index (χ3v) is 3.41. The molecule has 0 spiro atoms. The van der Waals surface area contributed by atoms with Crippen LogP contribution < -0.4 is 5.32 Å². The van der Waals surface area contributed by atoms with Gasteiger partial charge in [0.05, 0.1) is 0 Å². The first-order chi connectivity index (χ1) is 8.15. The first-order valence-corrected chi connectivity index (χ1v) is 6.64. The molecule has 2 N–H and O–H groups in total. The van der Waals surface area contributed by atoms with Gasteiger partial charge in [-0.05, 0) is 18.1 Å². The van der Waals surface area contributed by atoms with Crippen molar-refractivity contribution in [2.24, 2.45) is 0 Å². The molecule has 0 heterocycles. The zero-order chi connectivity index (χ0) is 12.7. The third kappa shape index (κ3) is 4.88. The van der Waals surface area contributed by atoms with Gasteiger partial charge in [-0.15, -0.1) is 0 Å². The Morgan fingerprint density at radius 2 is 2.18 bits per heavy atom. The quantitative estimate of drug-likeness (QED) is 0.813. The molecule has 0 saturated carbocycles. The molecule has 0 radical (unpaired) electrons. The highest BCUT2D eigenvalue weighted by atomic mass is 79.9. The molecule has 4 heteroatoms. The monoisotopic (exact) mass is 299 g/mol. The van der Waals surface area contributed by atoms with Gasteiger partial charge < -0.3 is 10.4 Å². The normalized spacial score (nSPS) is 12.4. The second kappa shape index (κ2) is 7.45. The van der Waals surface area contributed by atoms with Crippen LogP contribution in [0.2, 0.25) is 0 Å². The molecule has 1 atom stereocenters. The fourth-order valence-electron chi connectivity index (χ4n) is 1.60. The average molecular weight is 300 g/mol. The zero-order valence-electron chi connectivity index (χ0n) is 9.95. The van der Waals surface area contributed by atoms with Crippen molar-refractivity contribution < 1.29 is 9.90 Å². The maximum Gasteiger partial charge on any atom is 0.320 e. The Morgan fingerprint density at radius 1 is 1.47 bits per heavy atom. The summed E-state index contributed by atoms with van der Waals surface area (Å²) in [5.74, 6) is -0.773. The number of nitrogens with one attached hydrogen (secondary N) is 1. The van der Waals surface area contributed by atoms with Gasteiger partial charge in [0, 0.05) is 11.0 Å². The fraction of sp³-hybridized carbons (Fsp3) is 0.462. The number of carboxylic acid groups (broad SMARTS) is 1. The first kappa shape index (κ1) is 14.2. The maximum absolute atomic E-state index is 11.0. The van der Waals surface area contributed by atoms with E-state index in [-0.39, 0.29) is 0 Å². The van der Waals surface area contributed by atoms with Crippen LogP contribution in [0.5, 0.6) is 0 Å². The molecule has 0 saturated heterocycles. The Hall–Kier alpha value is -0.870. The predicted molar refractivity (Wildman–Crippen MR) is 71.9 cm³/mol. The zero-order valence-corrected chi connectivity index (χ0v) is 11.5. The number of hydrogen-bond donors (Lipinski definition) is 2. The second-order valence-corrected chi connectivity index (χ2v) is 4.86. The predicted octanol–water partition coefficient (Wildman–Crippen LogP) is 3.18. The maximum atomic E-state index is 11.0. The summed E-state index contributed by atoms with van der Waals surface area (Å²) in [6.45, 7) is 2.63. The van der Waals surface area contributed by atoms with Crippen molar-refractivity contribution in [2.45, 2.75) is 38.8 Å². The van der Waals surface area contributed by atoms with Crippen LogP contribution in [0.1, 0.15) is 31.7 Å². The molecule has 0 amide bonds. The molecule has 94 valence electrons. The fourth-order valence-corrected chi connectivity index (χ4v) is 2.02. The number of halogens is 1. The van der Waals surface area contributed by atoms with Gasteiger partial charge in [-0.25, -0.2) is 0 Å². The lowest BCUT2D eigenvalue weighted by Gasteiger charge is -2.14. The molecule has 1 aromatic rings. The van der Waals surface area contributed by atoms with E-state index < -0.39 is 12.0 Å². The standard InChI is InChI=1S/C13H18BrNO2/c1-2-3-8-12(13(16)17)15-9-10-6-4-5-7-11(10)14/h4-7,12,15H,2-3,8-9H2,1H3,(H,16,17). The molecule has 3 nitrogen and oxygen atoms in total. The van der Waals surface area contributed by atoms with Gasteiger partial charge in [0.1, 0.15) is 6.04 Å². The van der Waals surface area contributed by atoms with E-state index in [0.717, 1.165) is 22.9 Å². The minimum Gasteiger partial charge on any atom is -0.480 e. The minimum atomic E-state index is -0.773. The van der Waals surface area contributed by atoms with Gasteiger partial charge >= 0.3 is 5.97 Å². The molecule has 0 bridgehead atoms. The van der Waals surface area contributed by atoms with Gasteiger partial charge in [-0.1, -0.05) is 53.9 Å². The Balaban J connectivity index is 2.52. The third-order valence-electron chi connectivity index (χ3n) is 2.64. The summed E-state index contributed by atoms with van der Waals surface area (Å²) in [5, 5.41) is 12.2. The lowest BCUT2D eigenvalue weighted by molar-refractivity contribution is -0.139. The van der Waals surface area contributed by atoms with Crippen LogP contribution >= 0.6 is 15.9 Å². The van der Waals surface area contributed by atoms with Crippen LogP contribution in [-0.2, 0) is 11.3 Å². The van der Waals surface area contributed by atoms with E-state index in [0.29, 0.717) is 13.0 Å². The van der Waals surface area contributed by atoms with Crippen LogP contribution in [0.15, 0.2) is 28.7 Å². The molecule has 17 heavy (non-hydrogen) atoms. The molecule has 0 aliphatic heterocycles. The lowest BCUT2D eigenvalue weighted by atomic mass is 10.1. The van der Waals surface area contributed by atoms with Crippen molar-refractivity contribution in [1.29, 1.82) is 0 Å². The number of carboxylic acids is 1. The molecular weight excluding hydrogens is 282 g/mol. The van der Waals surface area contributed by atoms with Crippen molar-refractivity contribution in [2.75, 3.05) is 0 Å². The lowest BCUT2D eigenvalue weighted by Crippen LogP contribution is -2.36. The summed E-state index contributed by atoms with van der Waals surface area (Å²) in [5.41, 5.74) is 1.08. The van der Waals surface area contributed by atoms with Gasteiger partial charge in [-0.2, -0.15) is 0 Å². The van der Waals surface area contributed by atoms with Crippen molar-refractivity contribution in [3.8, 4) is 0 Å². The summed E-state index contributed by atoms with van der Waals surface area (Å²) in [6.07, 6.45) is 2.62. The minimum absolute atomic E-state index is 0.456. The topological polar surface area (TPSA) is 49.3 Å². The van der Waals surface area contributed by atoms with Gasteiger partial charge in [0.25, 0.3) is 0 Å².